The number of carbonyl (C=O) groups is 1. The first kappa shape index (κ1) is 15.6. The zero-order valence-corrected chi connectivity index (χ0v) is 12.7. The van der Waals surface area contributed by atoms with Crippen molar-refractivity contribution in [2.75, 3.05) is 37.8 Å². The molecule has 21 heavy (non-hydrogen) atoms. The van der Waals surface area contributed by atoms with Gasteiger partial charge in [0.05, 0.1) is 24.6 Å². The Kier molecular flexibility index (Phi) is 4.39. The molecule has 0 spiro atoms. The number of nitrogen functional groups attached to an aromatic ring is 2. The molecular formula is C15H24N4O2. The van der Waals surface area contributed by atoms with Gasteiger partial charge >= 0.3 is 0 Å². The van der Waals surface area contributed by atoms with E-state index in [2.05, 4.69) is 4.90 Å². The molecule has 0 radical (unpaired) electrons. The molecule has 1 fully saturated rings. The topological polar surface area (TPSA) is 108 Å². The van der Waals surface area contributed by atoms with Crippen LogP contribution in [0.2, 0.25) is 0 Å². The van der Waals surface area contributed by atoms with Crippen molar-refractivity contribution in [1.29, 1.82) is 0 Å². The van der Waals surface area contributed by atoms with E-state index in [1.165, 1.54) is 0 Å². The zero-order valence-electron chi connectivity index (χ0n) is 12.7. The lowest BCUT2D eigenvalue weighted by atomic mass is 9.87. The van der Waals surface area contributed by atoms with Gasteiger partial charge in [0.25, 0.3) is 0 Å². The molecule has 0 saturated carbocycles. The molecule has 1 aromatic carbocycles. The van der Waals surface area contributed by atoms with Crippen molar-refractivity contribution in [3.8, 4) is 0 Å². The van der Waals surface area contributed by atoms with E-state index in [1.54, 1.807) is 0 Å². The number of ether oxygens (including phenoxy) is 1. The minimum Gasteiger partial charge on any atom is -0.397 e. The highest BCUT2D eigenvalue weighted by molar-refractivity contribution is 5.85. The van der Waals surface area contributed by atoms with Crippen LogP contribution in [-0.2, 0) is 16.0 Å². The van der Waals surface area contributed by atoms with Crippen molar-refractivity contribution < 1.29 is 9.53 Å². The Labute approximate surface area is 125 Å². The molecule has 6 heteroatoms. The van der Waals surface area contributed by atoms with Gasteiger partial charge in [-0.3, -0.25) is 9.69 Å². The molecule has 0 bridgehead atoms. The number of hydrogen-bond acceptors (Lipinski definition) is 5. The molecule has 6 N–H and O–H groups in total. The smallest absolute Gasteiger partial charge is 0.238 e. The fourth-order valence-corrected chi connectivity index (χ4v) is 2.77. The van der Waals surface area contributed by atoms with Crippen LogP contribution in [-0.4, -0.2) is 42.6 Å². The van der Waals surface area contributed by atoms with Gasteiger partial charge in [0.2, 0.25) is 5.91 Å². The maximum Gasteiger partial charge on any atom is 0.238 e. The van der Waals surface area contributed by atoms with Crippen molar-refractivity contribution in [2.24, 2.45) is 5.73 Å². The van der Waals surface area contributed by atoms with Crippen molar-refractivity contribution in [3.05, 3.63) is 23.3 Å². The predicted octanol–water partition coefficient (Wildman–Crippen LogP) is 0.278. The molecular weight excluding hydrogens is 268 g/mol. The average Bonchev–Trinajstić information content (AvgIpc) is 2.45. The molecule has 1 aromatic rings. The molecule has 116 valence electrons. The van der Waals surface area contributed by atoms with Crippen LogP contribution in [0, 0.1) is 6.92 Å². The summed E-state index contributed by atoms with van der Waals surface area (Å²) < 4.78 is 5.35. The van der Waals surface area contributed by atoms with Crippen LogP contribution in [0.3, 0.4) is 0 Å². The van der Waals surface area contributed by atoms with E-state index < -0.39 is 5.54 Å². The number of hydrogen-bond donors (Lipinski definition) is 3. The third-order valence-corrected chi connectivity index (χ3v) is 4.32. The quantitative estimate of drug-likeness (QED) is 0.691. The van der Waals surface area contributed by atoms with Crippen LogP contribution < -0.4 is 17.2 Å². The second-order valence-corrected chi connectivity index (χ2v) is 5.82. The lowest BCUT2D eigenvalue weighted by molar-refractivity contribution is -0.132. The Bertz CT molecular complexity index is 541. The highest BCUT2D eigenvalue weighted by Crippen LogP contribution is 2.27. The number of anilines is 2. The van der Waals surface area contributed by atoms with Crippen LogP contribution in [0.25, 0.3) is 0 Å². The van der Waals surface area contributed by atoms with Gasteiger partial charge in [0, 0.05) is 13.1 Å². The zero-order chi connectivity index (χ0) is 15.6. The van der Waals surface area contributed by atoms with Gasteiger partial charge in [-0.2, -0.15) is 0 Å². The van der Waals surface area contributed by atoms with Crippen molar-refractivity contribution in [1.82, 2.24) is 4.90 Å². The summed E-state index contributed by atoms with van der Waals surface area (Å²) in [5.41, 5.74) is 19.7. The lowest BCUT2D eigenvalue weighted by Gasteiger charge is -2.41. The lowest BCUT2D eigenvalue weighted by Crippen LogP contribution is -2.60. The minimum atomic E-state index is -0.753. The Morgan fingerprint density at radius 1 is 1.29 bits per heavy atom. The normalized spacial score (nSPS) is 19.1. The Morgan fingerprint density at radius 3 is 2.43 bits per heavy atom. The number of carbonyl (C=O) groups excluding carboxylic acids is 1. The van der Waals surface area contributed by atoms with Crippen molar-refractivity contribution >= 4 is 17.3 Å². The average molecular weight is 292 g/mol. The van der Waals surface area contributed by atoms with Crippen LogP contribution in [0.1, 0.15) is 18.1 Å². The predicted molar refractivity (Wildman–Crippen MR) is 83.7 cm³/mol. The van der Waals surface area contributed by atoms with Gasteiger partial charge in [-0.1, -0.05) is 0 Å². The molecule has 1 heterocycles. The van der Waals surface area contributed by atoms with Gasteiger partial charge < -0.3 is 21.9 Å². The molecule has 2 rings (SSSR count). The van der Waals surface area contributed by atoms with Gasteiger partial charge in [-0.05, 0) is 43.5 Å². The van der Waals surface area contributed by atoms with E-state index in [4.69, 9.17) is 21.9 Å². The van der Waals surface area contributed by atoms with Crippen LogP contribution in [0.15, 0.2) is 12.1 Å². The standard InChI is InChI=1S/C15H24N4O2/c1-10-7-12(16)13(17)8-11(10)9-15(2,14(18)20)19-3-5-21-6-4-19/h7-8H,3-6,9,16-17H2,1-2H3,(H2,18,20). The second-order valence-electron chi connectivity index (χ2n) is 5.82. The number of benzene rings is 1. The number of amides is 1. The molecule has 1 saturated heterocycles. The number of primary amides is 1. The number of rotatable bonds is 4. The van der Waals surface area contributed by atoms with E-state index in [9.17, 15) is 4.79 Å². The highest BCUT2D eigenvalue weighted by atomic mass is 16.5. The summed E-state index contributed by atoms with van der Waals surface area (Å²) in [5.74, 6) is -0.334. The molecule has 1 atom stereocenters. The Hall–Kier alpha value is -1.79. The number of morpholine rings is 1. The molecule has 1 amide bonds. The third-order valence-electron chi connectivity index (χ3n) is 4.32. The molecule has 1 aliphatic rings. The monoisotopic (exact) mass is 292 g/mol. The van der Waals surface area contributed by atoms with Gasteiger partial charge in [0.15, 0.2) is 0 Å². The van der Waals surface area contributed by atoms with Crippen LogP contribution in [0.5, 0.6) is 0 Å². The Balaban J connectivity index is 2.31. The second kappa shape index (κ2) is 5.91. The number of nitrogens with two attached hydrogens (primary N) is 3. The number of aryl methyl sites for hydroxylation is 1. The van der Waals surface area contributed by atoms with Crippen LogP contribution >= 0.6 is 0 Å². The van der Waals surface area contributed by atoms with E-state index in [0.29, 0.717) is 44.1 Å². The molecule has 0 aromatic heterocycles. The molecule has 6 nitrogen and oxygen atoms in total. The van der Waals surface area contributed by atoms with Crippen molar-refractivity contribution in [3.63, 3.8) is 0 Å². The SMILES string of the molecule is Cc1cc(N)c(N)cc1CC(C)(C(N)=O)N1CCOCC1. The Morgan fingerprint density at radius 2 is 1.86 bits per heavy atom. The third kappa shape index (κ3) is 3.11. The van der Waals surface area contributed by atoms with Gasteiger partial charge in [-0.15, -0.1) is 0 Å². The maximum atomic E-state index is 12.1. The fourth-order valence-electron chi connectivity index (χ4n) is 2.77. The highest BCUT2D eigenvalue weighted by Gasteiger charge is 2.39. The van der Waals surface area contributed by atoms with E-state index in [1.807, 2.05) is 26.0 Å². The van der Waals surface area contributed by atoms with E-state index >= 15 is 0 Å². The molecule has 0 aliphatic carbocycles. The summed E-state index contributed by atoms with van der Waals surface area (Å²) in [6.07, 6.45) is 0.513. The summed E-state index contributed by atoms with van der Waals surface area (Å²) in [5, 5.41) is 0. The first-order valence-electron chi connectivity index (χ1n) is 7.12. The first-order chi connectivity index (χ1) is 9.84. The van der Waals surface area contributed by atoms with Gasteiger partial charge in [-0.25, -0.2) is 0 Å². The van der Waals surface area contributed by atoms with Gasteiger partial charge in [0.1, 0.15) is 5.54 Å². The summed E-state index contributed by atoms with van der Waals surface area (Å²) in [7, 11) is 0. The minimum absolute atomic E-state index is 0.334. The molecule has 1 aliphatic heterocycles. The van der Waals surface area contributed by atoms with E-state index in [-0.39, 0.29) is 5.91 Å². The summed E-state index contributed by atoms with van der Waals surface area (Å²) >= 11 is 0. The van der Waals surface area contributed by atoms with Crippen LogP contribution in [0.4, 0.5) is 11.4 Å². The summed E-state index contributed by atoms with van der Waals surface area (Å²) in [6, 6.07) is 3.68. The largest absolute Gasteiger partial charge is 0.397 e. The first-order valence-corrected chi connectivity index (χ1v) is 7.12. The van der Waals surface area contributed by atoms with E-state index in [0.717, 1.165) is 11.1 Å². The van der Waals surface area contributed by atoms with Crippen molar-refractivity contribution in [2.45, 2.75) is 25.8 Å². The summed E-state index contributed by atoms with van der Waals surface area (Å²) in [4.78, 5) is 14.2. The fraction of sp³-hybridized carbons (Fsp3) is 0.533. The summed E-state index contributed by atoms with van der Waals surface area (Å²) in [6.45, 7) is 6.47. The molecule has 1 unspecified atom stereocenters. The number of nitrogens with zero attached hydrogens (tertiary/aromatic N) is 1. The maximum absolute atomic E-state index is 12.1.